The Bertz CT molecular complexity index is 963. The zero-order chi connectivity index (χ0) is 21.1. The van der Waals surface area contributed by atoms with Crippen LogP contribution in [0.4, 0.5) is 0 Å². The fourth-order valence-electron chi connectivity index (χ4n) is 3.28. The van der Waals surface area contributed by atoms with E-state index in [2.05, 4.69) is 46.8 Å². The molecule has 6 nitrogen and oxygen atoms in total. The molecule has 0 bridgehead atoms. The molecule has 0 atom stereocenters. The monoisotopic (exact) mass is 434 g/mol. The number of benzene rings is 1. The first-order valence-electron chi connectivity index (χ1n) is 9.99. The number of nitrogens with one attached hydrogen (secondary N) is 1. The highest BCUT2D eigenvalue weighted by molar-refractivity contribution is 7.92. The van der Waals surface area contributed by atoms with Crippen molar-refractivity contribution in [3.63, 3.8) is 0 Å². The van der Waals surface area contributed by atoms with Crippen LogP contribution in [0.5, 0.6) is 0 Å². The summed E-state index contributed by atoms with van der Waals surface area (Å²) in [7, 11) is -3.07. The van der Waals surface area contributed by atoms with Gasteiger partial charge in [-0.1, -0.05) is 29.8 Å². The Hall–Kier alpha value is -1.93. The summed E-state index contributed by atoms with van der Waals surface area (Å²) in [5.41, 5.74) is 3.41. The fraction of sp³-hybridized carbons (Fsp3) is 0.524. The van der Waals surface area contributed by atoms with E-state index < -0.39 is 14.6 Å². The van der Waals surface area contributed by atoms with E-state index >= 15 is 0 Å². The van der Waals surface area contributed by atoms with Gasteiger partial charge in [-0.2, -0.15) is 0 Å². The van der Waals surface area contributed by atoms with E-state index in [1.165, 1.54) is 5.56 Å². The number of thiazole rings is 1. The zero-order valence-corrected chi connectivity index (χ0v) is 19.2. The lowest BCUT2D eigenvalue weighted by molar-refractivity contribution is 0.353. The van der Waals surface area contributed by atoms with E-state index in [1.54, 1.807) is 25.2 Å². The van der Waals surface area contributed by atoms with E-state index in [4.69, 9.17) is 9.98 Å². The summed E-state index contributed by atoms with van der Waals surface area (Å²) in [6.07, 6.45) is 0.757. The van der Waals surface area contributed by atoms with Gasteiger partial charge >= 0.3 is 0 Å². The minimum atomic E-state index is -3.07. The molecule has 0 aliphatic carbocycles. The Morgan fingerprint density at radius 3 is 2.69 bits per heavy atom. The van der Waals surface area contributed by atoms with Crippen molar-refractivity contribution in [2.45, 2.75) is 38.9 Å². The quantitative estimate of drug-likeness (QED) is 0.578. The lowest BCUT2D eigenvalue weighted by Crippen LogP contribution is -2.57. The average Bonchev–Trinajstić information content (AvgIpc) is 3.13. The van der Waals surface area contributed by atoms with Crippen molar-refractivity contribution < 1.29 is 8.42 Å². The topological polar surface area (TPSA) is 74.7 Å². The molecule has 0 saturated carbocycles. The van der Waals surface area contributed by atoms with Gasteiger partial charge in [0.1, 0.15) is 5.01 Å². The second-order valence-corrected chi connectivity index (χ2v) is 11.6. The third kappa shape index (κ3) is 5.17. The molecule has 0 spiro atoms. The number of rotatable bonds is 5. The van der Waals surface area contributed by atoms with Gasteiger partial charge in [0.15, 0.2) is 15.8 Å². The van der Waals surface area contributed by atoms with Gasteiger partial charge in [-0.15, -0.1) is 11.3 Å². The van der Waals surface area contributed by atoms with Gasteiger partial charge in [0, 0.05) is 43.5 Å². The van der Waals surface area contributed by atoms with Crippen LogP contribution in [-0.4, -0.2) is 60.9 Å². The van der Waals surface area contributed by atoms with Crippen molar-refractivity contribution >= 4 is 27.1 Å². The van der Waals surface area contributed by atoms with Gasteiger partial charge in [0.05, 0.1) is 16.2 Å². The largest absolute Gasteiger partial charge is 0.357 e. The third-order valence-corrected chi connectivity index (χ3v) is 8.63. The summed E-state index contributed by atoms with van der Waals surface area (Å²) in [4.78, 5) is 11.5. The highest BCUT2D eigenvalue weighted by Crippen LogP contribution is 2.25. The molecule has 0 unspecified atom stereocenters. The molecule has 1 fully saturated rings. The van der Waals surface area contributed by atoms with Crippen LogP contribution in [0.2, 0.25) is 0 Å². The normalized spacial score (nSPS) is 18.6. The van der Waals surface area contributed by atoms with E-state index in [0.29, 0.717) is 19.6 Å². The lowest BCUT2D eigenvalue weighted by Gasteiger charge is -2.39. The van der Waals surface area contributed by atoms with E-state index in [0.717, 1.165) is 35.2 Å². The van der Waals surface area contributed by atoms with Crippen molar-refractivity contribution in [1.82, 2.24) is 15.2 Å². The van der Waals surface area contributed by atoms with Crippen LogP contribution in [-0.2, 0) is 16.3 Å². The maximum atomic E-state index is 12.3. The Kier molecular flexibility index (Phi) is 6.63. The standard InChI is InChI=1S/C21H30N4O2S2/c1-5-22-20(25-12-13-29(26,27)21(3,4)15-25)23-11-10-18-14-28-19(24-18)17-8-6-16(2)7-9-17/h6-9,14H,5,10-13,15H2,1-4H3,(H,22,23). The Morgan fingerprint density at radius 1 is 1.31 bits per heavy atom. The predicted molar refractivity (Wildman–Crippen MR) is 121 cm³/mol. The number of hydrogen-bond acceptors (Lipinski definition) is 5. The van der Waals surface area contributed by atoms with E-state index in [1.807, 2.05) is 6.92 Å². The molecule has 29 heavy (non-hydrogen) atoms. The van der Waals surface area contributed by atoms with Crippen LogP contribution in [0.25, 0.3) is 10.6 Å². The summed E-state index contributed by atoms with van der Waals surface area (Å²) in [6, 6.07) is 8.41. The second kappa shape index (κ2) is 8.83. The van der Waals surface area contributed by atoms with Gasteiger partial charge in [0.2, 0.25) is 0 Å². The van der Waals surface area contributed by atoms with Crippen LogP contribution in [0, 0.1) is 6.92 Å². The maximum absolute atomic E-state index is 12.3. The molecule has 1 saturated heterocycles. The molecule has 1 aromatic carbocycles. The van der Waals surface area contributed by atoms with Crippen LogP contribution in [0.15, 0.2) is 34.6 Å². The molecule has 1 aliphatic rings. The molecular formula is C21H30N4O2S2. The molecule has 2 heterocycles. The Morgan fingerprint density at radius 2 is 2.03 bits per heavy atom. The van der Waals surface area contributed by atoms with Gasteiger partial charge in [-0.25, -0.2) is 13.4 Å². The summed E-state index contributed by atoms with van der Waals surface area (Å²) in [5, 5.41) is 6.42. The van der Waals surface area contributed by atoms with Gasteiger partial charge < -0.3 is 10.2 Å². The maximum Gasteiger partial charge on any atom is 0.194 e. The third-order valence-electron chi connectivity index (χ3n) is 5.16. The molecule has 158 valence electrons. The van der Waals surface area contributed by atoms with Crippen LogP contribution in [0.1, 0.15) is 32.0 Å². The summed E-state index contributed by atoms with van der Waals surface area (Å²) >= 11 is 1.65. The molecule has 8 heteroatoms. The number of aromatic nitrogens is 1. The fourth-order valence-corrected chi connectivity index (χ4v) is 5.50. The van der Waals surface area contributed by atoms with Crippen LogP contribution < -0.4 is 5.32 Å². The average molecular weight is 435 g/mol. The number of hydrogen-bond donors (Lipinski definition) is 1. The van der Waals surface area contributed by atoms with Crippen LogP contribution >= 0.6 is 11.3 Å². The minimum absolute atomic E-state index is 0.163. The summed E-state index contributed by atoms with van der Waals surface area (Å²) in [5.74, 6) is 0.945. The molecule has 0 radical (unpaired) electrons. The van der Waals surface area contributed by atoms with E-state index in [9.17, 15) is 8.42 Å². The molecule has 1 aromatic heterocycles. The van der Waals surface area contributed by atoms with Crippen molar-refractivity contribution in [3.05, 3.63) is 40.9 Å². The molecule has 1 aliphatic heterocycles. The number of aliphatic imine (C=N–C) groups is 1. The Balaban J connectivity index is 1.65. The van der Waals surface area contributed by atoms with Crippen LogP contribution in [0.3, 0.4) is 0 Å². The first kappa shape index (κ1) is 21.8. The number of guanidine groups is 1. The van der Waals surface area contributed by atoms with Crippen molar-refractivity contribution in [2.24, 2.45) is 4.99 Å². The molecule has 1 N–H and O–H groups in total. The highest BCUT2D eigenvalue weighted by atomic mass is 32.2. The number of nitrogens with zero attached hydrogens (tertiary/aromatic N) is 3. The molecular weight excluding hydrogens is 404 g/mol. The van der Waals surface area contributed by atoms with E-state index in [-0.39, 0.29) is 5.75 Å². The second-order valence-electron chi connectivity index (χ2n) is 8.00. The zero-order valence-electron chi connectivity index (χ0n) is 17.6. The van der Waals surface area contributed by atoms with Gasteiger partial charge in [-0.3, -0.25) is 4.99 Å². The van der Waals surface area contributed by atoms with Gasteiger partial charge in [-0.05, 0) is 27.7 Å². The highest BCUT2D eigenvalue weighted by Gasteiger charge is 2.40. The molecule has 0 amide bonds. The molecule has 3 rings (SSSR count). The minimum Gasteiger partial charge on any atom is -0.357 e. The summed E-state index contributed by atoms with van der Waals surface area (Å²) in [6.45, 7) is 9.98. The summed E-state index contributed by atoms with van der Waals surface area (Å²) < 4.78 is 23.8. The number of sulfone groups is 1. The van der Waals surface area contributed by atoms with Crippen molar-refractivity contribution in [3.8, 4) is 10.6 Å². The predicted octanol–water partition coefficient (Wildman–Crippen LogP) is 3.14. The first-order valence-corrected chi connectivity index (χ1v) is 12.5. The van der Waals surface area contributed by atoms with Crippen molar-refractivity contribution in [1.29, 1.82) is 0 Å². The molecule has 2 aromatic rings. The van der Waals surface area contributed by atoms with Crippen molar-refractivity contribution in [2.75, 3.05) is 31.9 Å². The smallest absolute Gasteiger partial charge is 0.194 e. The number of aryl methyl sites for hydroxylation is 1. The Labute approximate surface area is 178 Å². The lowest BCUT2D eigenvalue weighted by atomic mass is 10.2. The first-order chi connectivity index (χ1) is 13.7. The SMILES string of the molecule is CCNC(=NCCc1csc(-c2ccc(C)cc2)n1)N1CCS(=O)(=O)C(C)(C)C1. The van der Waals surface area contributed by atoms with Gasteiger partial charge in [0.25, 0.3) is 0 Å².